The van der Waals surface area contributed by atoms with E-state index in [2.05, 4.69) is 0 Å². The molecule has 0 aromatic rings. The number of hydrogen-bond acceptors (Lipinski definition) is 2. The lowest BCUT2D eigenvalue weighted by Gasteiger charge is -2.53. The van der Waals surface area contributed by atoms with Gasteiger partial charge in [-0.2, -0.15) is 0 Å². The van der Waals surface area contributed by atoms with Gasteiger partial charge in [-0.3, -0.25) is 0 Å². The Morgan fingerprint density at radius 3 is 2.47 bits per heavy atom. The van der Waals surface area contributed by atoms with Gasteiger partial charge in [-0.15, -0.1) is 0 Å². The van der Waals surface area contributed by atoms with E-state index < -0.39 is 5.60 Å². The molecule has 2 heteroatoms. The average molecular weight is 263 g/mol. The SMILES string of the molecule is NCC1(C2(O)CC3CC2C2CCCC32)CCCCC1. The standard InChI is InChI=1S/C17H29NO/c18-11-16(7-2-1-3-8-16)17(19)10-12-9-15(17)14-6-4-5-13(12)14/h12-15,19H,1-11,18H2. The van der Waals surface area contributed by atoms with Crippen LogP contribution in [0.25, 0.3) is 0 Å². The fourth-order valence-electron chi connectivity index (χ4n) is 6.77. The molecule has 0 aliphatic heterocycles. The van der Waals surface area contributed by atoms with Gasteiger partial charge in [-0.05, 0) is 62.2 Å². The molecule has 4 fully saturated rings. The van der Waals surface area contributed by atoms with Crippen molar-refractivity contribution in [1.82, 2.24) is 0 Å². The largest absolute Gasteiger partial charge is 0.389 e. The fourth-order valence-corrected chi connectivity index (χ4v) is 6.77. The van der Waals surface area contributed by atoms with Gasteiger partial charge in [0.2, 0.25) is 0 Å². The van der Waals surface area contributed by atoms with E-state index in [1.54, 1.807) is 0 Å². The molecule has 4 aliphatic rings. The highest BCUT2D eigenvalue weighted by Gasteiger charge is 2.66. The molecule has 0 radical (unpaired) electrons. The number of rotatable bonds is 2. The molecular weight excluding hydrogens is 234 g/mol. The quantitative estimate of drug-likeness (QED) is 0.804. The first-order valence-electron chi connectivity index (χ1n) is 8.63. The third-order valence-electron chi connectivity index (χ3n) is 7.61. The summed E-state index contributed by atoms with van der Waals surface area (Å²) < 4.78 is 0. The topological polar surface area (TPSA) is 46.2 Å². The minimum absolute atomic E-state index is 0.0677. The minimum Gasteiger partial charge on any atom is -0.389 e. The van der Waals surface area contributed by atoms with Crippen molar-refractivity contribution >= 4 is 0 Å². The molecule has 0 aromatic heterocycles. The zero-order valence-corrected chi connectivity index (χ0v) is 12.1. The second kappa shape index (κ2) is 4.21. The van der Waals surface area contributed by atoms with Gasteiger partial charge in [0.25, 0.3) is 0 Å². The number of hydrogen-bond donors (Lipinski definition) is 2. The van der Waals surface area contributed by atoms with Crippen molar-refractivity contribution < 1.29 is 5.11 Å². The lowest BCUT2D eigenvalue weighted by atomic mass is 9.55. The number of fused-ring (bicyclic) bond motifs is 5. The first kappa shape index (κ1) is 12.6. The summed E-state index contributed by atoms with van der Waals surface area (Å²) >= 11 is 0. The van der Waals surface area contributed by atoms with E-state index >= 15 is 0 Å². The third-order valence-corrected chi connectivity index (χ3v) is 7.61. The maximum Gasteiger partial charge on any atom is 0.0749 e. The first-order valence-corrected chi connectivity index (χ1v) is 8.63. The summed E-state index contributed by atoms with van der Waals surface area (Å²) in [4.78, 5) is 0. The average Bonchev–Trinajstić information content (AvgIpc) is 3.10. The normalized spacial score (nSPS) is 51.5. The predicted molar refractivity (Wildman–Crippen MR) is 76.6 cm³/mol. The summed E-state index contributed by atoms with van der Waals surface area (Å²) in [6.45, 7) is 0.712. The Hall–Kier alpha value is -0.0800. The van der Waals surface area contributed by atoms with Gasteiger partial charge in [-0.1, -0.05) is 25.7 Å². The molecule has 2 nitrogen and oxygen atoms in total. The van der Waals surface area contributed by atoms with Crippen molar-refractivity contribution in [2.45, 2.75) is 69.8 Å². The van der Waals surface area contributed by atoms with E-state index in [1.807, 2.05) is 0 Å². The van der Waals surface area contributed by atoms with E-state index in [-0.39, 0.29) is 5.41 Å². The van der Waals surface area contributed by atoms with E-state index in [4.69, 9.17) is 5.73 Å². The highest BCUT2D eigenvalue weighted by atomic mass is 16.3. The Morgan fingerprint density at radius 2 is 1.74 bits per heavy atom. The molecule has 19 heavy (non-hydrogen) atoms. The molecule has 108 valence electrons. The van der Waals surface area contributed by atoms with Gasteiger partial charge in [0.1, 0.15) is 0 Å². The lowest BCUT2D eigenvalue weighted by Crippen LogP contribution is -2.58. The van der Waals surface area contributed by atoms with Gasteiger partial charge in [-0.25, -0.2) is 0 Å². The number of aliphatic hydroxyl groups is 1. The summed E-state index contributed by atoms with van der Waals surface area (Å²) in [5.74, 6) is 3.22. The second-order valence-electron chi connectivity index (χ2n) is 8.03. The molecule has 0 aromatic carbocycles. The van der Waals surface area contributed by atoms with Crippen LogP contribution >= 0.6 is 0 Å². The molecule has 0 heterocycles. The molecule has 0 amide bonds. The summed E-state index contributed by atoms with van der Waals surface area (Å²) in [7, 11) is 0. The molecule has 4 rings (SSSR count). The van der Waals surface area contributed by atoms with Crippen LogP contribution in [0.1, 0.15) is 64.2 Å². The van der Waals surface area contributed by atoms with Gasteiger partial charge < -0.3 is 10.8 Å². The van der Waals surface area contributed by atoms with Crippen LogP contribution in [0.3, 0.4) is 0 Å². The van der Waals surface area contributed by atoms with Crippen LogP contribution in [-0.4, -0.2) is 17.3 Å². The summed E-state index contributed by atoms with van der Waals surface area (Å²) in [5, 5.41) is 11.6. The van der Waals surface area contributed by atoms with Crippen molar-refractivity contribution in [3.8, 4) is 0 Å². The zero-order valence-electron chi connectivity index (χ0n) is 12.1. The Morgan fingerprint density at radius 1 is 1.00 bits per heavy atom. The van der Waals surface area contributed by atoms with Crippen LogP contribution in [0.2, 0.25) is 0 Å². The molecule has 0 saturated heterocycles. The van der Waals surface area contributed by atoms with Crippen LogP contribution in [0.4, 0.5) is 0 Å². The van der Waals surface area contributed by atoms with E-state index in [9.17, 15) is 5.11 Å². The molecule has 4 saturated carbocycles. The van der Waals surface area contributed by atoms with Crippen molar-refractivity contribution in [2.75, 3.05) is 6.54 Å². The highest BCUT2D eigenvalue weighted by molar-refractivity contribution is 5.16. The molecule has 5 unspecified atom stereocenters. The van der Waals surface area contributed by atoms with Crippen LogP contribution < -0.4 is 5.73 Å². The van der Waals surface area contributed by atoms with Gasteiger partial charge >= 0.3 is 0 Å². The maximum absolute atomic E-state index is 11.6. The van der Waals surface area contributed by atoms with Gasteiger partial charge in [0.05, 0.1) is 5.60 Å². The fraction of sp³-hybridized carbons (Fsp3) is 1.00. The van der Waals surface area contributed by atoms with Gasteiger partial charge in [0, 0.05) is 12.0 Å². The van der Waals surface area contributed by atoms with Crippen molar-refractivity contribution in [3.63, 3.8) is 0 Å². The summed E-state index contributed by atoms with van der Waals surface area (Å²) in [6.07, 6.45) is 12.9. The van der Waals surface area contributed by atoms with Crippen molar-refractivity contribution in [2.24, 2.45) is 34.8 Å². The predicted octanol–water partition coefficient (Wildman–Crippen LogP) is 3.08. The van der Waals surface area contributed by atoms with Crippen molar-refractivity contribution in [1.29, 1.82) is 0 Å². The van der Waals surface area contributed by atoms with E-state index in [0.29, 0.717) is 12.5 Å². The second-order valence-corrected chi connectivity index (χ2v) is 8.03. The Balaban J connectivity index is 1.66. The molecular formula is C17H29NO. The van der Waals surface area contributed by atoms with Crippen molar-refractivity contribution in [3.05, 3.63) is 0 Å². The third kappa shape index (κ3) is 1.51. The highest BCUT2D eigenvalue weighted by Crippen LogP contribution is 2.67. The zero-order chi connectivity index (χ0) is 13.1. The van der Waals surface area contributed by atoms with E-state index in [0.717, 1.165) is 24.2 Å². The Kier molecular flexibility index (Phi) is 2.80. The maximum atomic E-state index is 11.6. The van der Waals surface area contributed by atoms with E-state index in [1.165, 1.54) is 57.8 Å². The number of nitrogens with two attached hydrogens (primary N) is 1. The lowest BCUT2D eigenvalue weighted by molar-refractivity contribution is -0.152. The van der Waals surface area contributed by atoms with Crippen LogP contribution in [0.15, 0.2) is 0 Å². The smallest absolute Gasteiger partial charge is 0.0749 e. The molecule has 4 aliphatic carbocycles. The molecule has 5 atom stereocenters. The molecule has 0 spiro atoms. The monoisotopic (exact) mass is 263 g/mol. The Bertz CT molecular complexity index is 362. The minimum atomic E-state index is -0.404. The molecule has 2 bridgehead atoms. The Labute approximate surface area is 117 Å². The molecule has 3 N–H and O–H groups in total. The summed E-state index contributed by atoms with van der Waals surface area (Å²) in [5.41, 5.74) is 5.88. The van der Waals surface area contributed by atoms with Crippen LogP contribution in [0.5, 0.6) is 0 Å². The van der Waals surface area contributed by atoms with Crippen LogP contribution in [0, 0.1) is 29.1 Å². The van der Waals surface area contributed by atoms with Crippen LogP contribution in [-0.2, 0) is 0 Å². The first-order chi connectivity index (χ1) is 9.20. The summed E-state index contributed by atoms with van der Waals surface area (Å²) in [6, 6.07) is 0. The van der Waals surface area contributed by atoms with Gasteiger partial charge in [0.15, 0.2) is 0 Å².